The van der Waals surface area contributed by atoms with Gasteiger partial charge in [-0.1, -0.05) is 35.3 Å². The molecule has 3 amide bonds. The highest BCUT2D eigenvalue weighted by Crippen LogP contribution is 2.37. The molecule has 2 atom stereocenters. The first-order valence-corrected chi connectivity index (χ1v) is 13.0. The summed E-state index contributed by atoms with van der Waals surface area (Å²) in [5.41, 5.74) is 1.67. The molecule has 2 aromatic rings. The number of carbonyl (C=O) groups is 3. The van der Waals surface area contributed by atoms with Crippen molar-refractivity contribution in [1.82, 2.24) is 20.0 Å². The van der Waals surface area contributed by atoms with Crippen LogP contribution in [-0.4, -0.2) is 78.5 Å². The SMILES string of the molecule is CCOC(=O)C1=C(CN2CCN(C(=O)c3ccc(F)cc3)[C@H](C)C2)N(C)C(=O)N[C@@H]1c1cccc(Cl)c1Cl. The van der Waals surface area contributed by atoms with E-state index in [1.165, 1.54) is 29.2 Å². The van der Waals surface area contributed by atoms with Gasteiger partial charge in [-0.25, -0.2) is 14.0 Å². The molecule has 0 aliphatic carbocycles. The number of rotatable bonds is 6. The molecule has 0 bridgehead atoms. The van der Waals surface area contributed by atoms with Gasteiger partial charge >= 0.3 is 12.0 Å². The Morgan fingerprint density at radius 1 is 1.13 bits per heavy atom. The molecule has 2 aromatic carbocycles. The van der Waals surface area contributed by atoms with E-state index in [4.69, 9.17) is 27.9 Å². The summed E-state index contributed by atoms with van der Waals surface area (Å²) in [5, 5.41) is 3.39. The monoisotopic (exact) mass is 562 g/mol. The van der Waals surface area contributed by atoms with Crippen LogP contribution in [-0.2, 0) is 9.53 Å². The van der Waals surface area contributed by atoms with Gasteiger partial charge in [0.05, 0.1) is 28.3 Å². The molecule has 4 rings (SSSR count). The van der Waals surface area contributed by atoms with E-state index in [0.717, 1.165) is 0 Å². The van der Waals surface area contributed by atoms with Crippen molar-refractivity contribution < 1.29 is 23.5 Å². The summed E-state index contributed by atoms with van der Waals surface area (Å²) in [6.45, 7) is 5.52. The van der Waals surface area contributed by atoms with Crippen molar-refractivity contribution in [2.24, 2.45) is 0 Å². The van der Waals surface area contributed by atoms with Gasteiger partial charge in [-0.2, -0.15) is 0 Å². The summed E-state index contributed by atoms with van der Waals surface area (Å²) in [5.74, 6) is -1.13. The Morgan fingerprint density at radius 3 is 2.50 bits per heavy atom. The highest BCUT2D eigenvalue weighted by Gasteiger charge is 2.39. The van der Waals surface area contributed by atoms with Crippen molar-refractivity contribution in [2.45, 2.75) is 25.9 Å². The van der Waals surface area contributed by atoms with E-state index in [9.17, 15) is 18.8 Å². The number of urea groups is 1. The van der Waals surface area contributed by atoms with E-state index in [1.807, 2.05) is 6.92 Å². The zero-order chi connectivity index (χ0) is 27.6. The van der Waals surface area contributed by atoms with E-state index in [-0.39, 0.29) is 35.7 Å². The molecule has 0 spiro atoms. The van der Waals surface area contributed by atoms with Crippen molar-refractivity contribution in [1.29, 1.82) is 0 Å². The van der Waals surface area contributed by atoms with Gasteiger partial charge in [0.2, 0.25) is 0 Å². The number of piperazine rings is 1. The Morgan fingerprint density at radius 2 is 1.84 bits per heavy atom. The summed E-state index contributed by atoms with van der Waals surface area (Å²) < 4.78 is 18.7. The molecule has 2 heterocycles. The average Bonchev–Trinajstić information content (AvgIpc) is 2.88. The first kappa shape index (κ1) is 27.9. The number of nitrogens with one attached hydrogen (secondary N) is 1. The Kier molecular flexibility index (Phi) is 8.60. The highest BCUT2D eigenvalue weighted by molar-refractivity contribution is 6.42. The van der Waals surface area contributed by atoms with Crippen LogP contribution in [0.25, 0.3) is 0 Å². The van der Waals surface area contributed by atoms with E-state index in [2.05, 4.69) is 10.2 Å². The molecule has 1 fully saturated rings. The van der Waals surface area contributed by atoms with Crippen LogP contribution in [0, 0.1) is 5.82 Å². The number of esters is 1. The molecule has 8 nitrogen and oxygen atoms in total. The van der Waals surface area contributed by atoms with E-state index in [0.29, 0.717) is 41.5 Å². The van der Waals surface area contributed by atoms with Crippen LogP contribution in [0.5, 0.6) is 0 Å². The smallest absolute Gasteiger partial charge is 0.338 e. The molecule has 11 heteroatoms. The fourth-order valence-electron chi connectivity index (χ4n) is 4.82. The fraction of sp³-hybridized carbons (Fsp3) is 0.370. The van der Waals surface area contributed by atoms with Crippen LogP contribution in [0.2, 0.25) is 10.0 Å². The maximum Gasteiger partial charge on any atom is 0.338 e. The minimum absolute atomic E-state index is 0.157. The Hall–Kier alpha value is -3.14. The number of amides is 3. The highest BCUT2D eigenvalue weighted by atomic mass is 35.5. The number of halogens is 3. The minimum atomic E-state index is -0.849. The van der Waals surface area contributed by atoms with Crippen molar-refractivity contribution in [3.8, 4) is 0 Å². The quantitative estimate of drug-likeness (QED) is 0.524. The predicted molar refractivity (Wildman–Crippen MR) is 142 cm³/mol. The molecular weight excluding hydrogens is 534 g/mol. The second-order valence-corrected chi connectivity index (χ2v) is 10.0. The molecule has 0 saturated carbocycles. The Labute approximate surface area is 230 Å². The molecule has 2 aliphatic heterocycles. The van der Waals surface area contributed by atoms with E-state index in [1.54, 1.807) is 37.1 Å². The molecule has 1 N–H and O–H groups in total. The van der Waals surface area contributed by atoms with E-state index >= 15 is 0 Å². The maximum atomic E-state index is 13.3. The van der Waals surface area contributed by atoms with Crippen molar-refractivity contribution >= 4 is 41.1 Å². The number of hydrogen-bond donors (Lipinski definition) is 1. The Bertz CT molecular complexity index is 1270. The number of ether oxygens (including phenoxy) is 1. The van der Waals surface area contributed by atoms with Crippen LogP contribution in [0.15, 0.2) is 53.7 Å². The fourth-order valence-corrected chi connectivity index (χ4v) is 5.24. The summed E-state index contributed by atoms with van der Waals surface area (Å²) >= 11 is 12.7. The lowest BCUT2D eigenvalue weighted by Gasteiger charge is -2.42. The van der Waals surface area contributed by atoms with Gasteiger partial charge in [0.15, 0.2) is 0 Å². The molecule has 38 heavy (non-hydrogen) atoms. The van der Waals surface area contributed by atoms with Gasteiger partial charge in [-0.05, 0) is 49.7 Å². The summed E-state index contributed by atoms with van der Waals surface area (Å²) in [6.07, 6.45) is 0. The largest absolute Gasteiger partial charge is 0.463 e. The lowest BCUT2D eigenvalue weighted by atomic mass is 9.94. The third kappa shape index (κ3) is 5.65. The van der Waals surface area contributed by atoms with Crippen LogP contribution in [0.1, 0.15) is 35.8 Å². The number of likely N-dealkylation sites (N-methyl/N-ethyl adjacent to an activating group) is 1. The number of benzene rings is 2. The number of carbonyl (C=O) groups excluding carboxylic acids is 3. The van der Waals surface area contributed by atoms with Crippen molar-refractivity contribution in [2.75, 3.05) is 39.8 Å². The zero-order valence-corrected chi connectivity index (χ0v) is 22.9. The zero-order valence-electron chi connectivity index (χ0n) is 21.3. The first-order chi connectivity index (χ1) is 18.1. The molecule has 0 unspecified atom stereocenters. The molecule has 0 aromatic heterocycles. The van der Waals surface area contributed by atoms with Crippen LogP contribution < -0.4 is 5.32 Å². The summed E-state index contributed by atoms with van der Waals surface area (Å²) in [6, 6.07) is 9.13. The molecule has 1 saturated heterocycles. The molecular formula is C27H29Cl2FN4O4. The lowest BCUT2D eigenvalue weighted by molar-refractivity contribution is -0.139. The summed E-state index contributed by atoms with van der Waals surface area (Å²) in [4.78, 5) is 44.5. The minimum Gasteiger partial charge on any atom is -0.463 e. The van der Waals surface area contributed by atoms with Crippen molar-refractivity contribution in [3.63, 3.8) is 0 Å². The van der Waals surface area contributed by atoms with Gasteiger partial charge in [0.1, 0.15) is 5.82 Å². The average molecular weight is 563 g/mol. The second-order valence-electron chi connectivity index (χ2n) is 9.25. The third-order valence-electron chi connectivity index (χ3n) is 6.80. The first-order valence-electron chi connectivity index (χ1n) is 12.3. The normalized spacial score (nSPS) is 20.4. The molecule has 2 aliphatic rings. The van der Waals surface area contributed by atoms with Crippen LogP contribution >= 0.6 is 23.2 Å². The Balaban J connectivity index is 1.62. The third-order valence-corrected chi connectivity index (χ3v) is 7.64. The van der Waals surface area contributed by atoms with Gasteiger partial charge in [0.25, 0.3) is 5.91 Å². The summed E-state index contributed by atoms with van der Waals surface area (Å²) in [7, 11) is 1.59. The van der Waals surface area contributed by atoms with Gasteiger partial charge in [-0.15, -0.1) is 0 Å². The van der Waals surface area contributed by atoms with Gasteiger partial charge in [-0.3, -0.25) is 14.6 Å². The van der Waals surface area contributed by atoms with E-state index < -0.39 is 23.9 Å². The van der Waals surface area contributed by atoms with Crippen LogP contribution in [0.4, 0.5) is 9.18 Å². The lowest BCUT2D eigenvalue weighted by Crippen LogP contribution is -2.56. The number of hydrogen-bond acceptors (Lipinski definition) is 5. The topological polar surface area (TPSA) is 82.2 Å². The van der Waals surface area contributed by atoms with Gasteiger partial charge < -0.3 is 15.0 Å². The van der Waals surface area contributed by atoms with Crippen LogP contribution in [0.3, 0.4) is 0 Å². The number of nitrogens with zero attached hydrogens (tertiary/aromatic N) is 3. The van der Waals surface area contributed by atoms with Crippen molar-refractivity contribution in [3.05, 3.63) is 80.7 Å². The second kappa shape index (κ2) is 11.7. The molecule has 202 valence electrons. The predicted octanol–water partition coefficient (Wildman–Crippen LogP) is 4.49. The molecule has 0 radical (unpaired) electrons. The standard InChI is InChI=1S/C27H29Cl2FN4O4/c1-4-38-26(36)22-21(32(3)27(37)31-24(22)19-6-5-7-20(28)23(19)29)15-33-12-13-34(16(2)14-33)25(35)17-8-10-18(30)11-9-17/h5-11,16,24H,4,12-15H2,1-3H3,(H,31,37)/t16-,24-/m1/s1. The maximum absolute atomic E-state index is 13.3. The van der Waals surface area contributed by atoms with Gasteiger partial charge in [0, 0.05) is 50.5 Å².